The Hall–Kier alpha value is -0.980. The first kappa shape index (κ1) is 15.1. The first-order valence-corrected chi connectivity index (χ1v) is 6.21. The number of halogens is 4. The van der Waals surface area contributed by atoms with Gasteiger partial charge in [0, 0.05) is 24.3 Å². The normalized spacial score (nSPS) is 11.7. The molecule has 0 atom stereocenters. The van der Waals surface area contributed by atoms with E-state index in [-0.39, 0.29) is 12.2 Å². The Morgan fingerprint density at radius 3 is 2.50 bits per heavy atom. The lowest BCUT2D eigenvalue weighted by Crippen LogP contribution is -2.40. The second kappa shape index (κ2) is 5.77. The molecule has 102 valence electrons. The molecule has 18 heavy (non-hydrogen) atoms. The van der Waals surface area contributed by atoms with Gasteiger partial charge in [-0.25, -0.2) is 0 Å². The summed E-state index contributed by atoms with van der Waals surface area (Å²) in [7, 11) is 1.62. The van der Waals surface area contributed by atoms with Crippen LogP contribution >= 0.6 is 15.9 Å². The van der Waals surface area contributed by atoms with Crippen LogP contribution in [0.4, 0.5) is 13.2 Å². The lowest BCUT2D eigenvalue weighted by atomic mass is 10.3. The Morgan fingerprint density at radius 1 is 1.50 bits per heavy atom. The zero-order valence-corrected chi connectivity index (χ0v) is 11.7. The fourth-order valence-corrected chi connectivity index (χ4v) is 2.16. The highest BCUT2D eigenvalue weighted by Gasteiger charge is 2.33. The maximum atomic E-state index is 12.4. The molecular formula is C11H14BrF3N2O. The Bertz CT molecular complexity index is 428. The van der Waals surface area contributed by atoms with Crippen molar-refractivity contribution in [3.63, 3.8) is 0 Å². The van der Waals surface area contributed by atoms with Gasteiger partial charge in [-0.05, 0) is 28.4 Å². The van der Waals surface area contributed by atoms with Gasteiger partial charge in [0.2, 0.25) is 0 Å². The average molecular weight is 327 g/mol. The Kier molecular flexibility index (Phi) is 4.84. The third-order valence-corrected chi connectivity index (χ3v) is 2.78. The Balaban J connectivity index is 2.92. The van der Waals surface area contributed by atoms with Gasteiger partial charge >= 0.3 is 6.18 Å². The zero-order chi connectivity index (χ0) is 13.9. The molecular weight excluding hydrogens is 313 g/mol. The van der Waals surface area contributed by atoms with Crippen LogP contribution in [0, 0.1) is 0 Å². The van der Waals surface area contributed by atoms with Crippen molar-refractivity contribution in [3.8, 4) is 0 Å². The topological polar surface area (TPSA) is 25.2 Å². The fourth-order valence-electron chi connectivity index (χ4n) is 1.64. The first-order chi connectivity index (χ1) is 8.24. The van der Waals surface area contributed by atoms with Gasteiger partial charge in [0.05, 0.1) is 0 Å². The van der Waals surface area contributed by atoms with Crippen molar-refractivity contribution in [1.29, 1.82) is 0 Å². The monoisotopic (exact) mass is 326 g/mol. The lowest BCUT2D eigenvalue weighted by molar-refractivity contribution is -0.140. The molecule has 0 radical (unpaired) electrons. The SMILES string of the molecule is CCCN(CC(F)(F)F)C(=O)c1cc(Br)cn1C. The van der Waals surface area contributed by atoms with Crippen molar-refractivity contribution in [2.24, 2.45) is 7.05 Å². The number of alkyl halides is 3. The number of amides is 1. The molecule has 0 saturated carbocycles. The zero-order valence-electron chi connectivity index (χ0n) is 10.1. The van der Waals surface area contributed by atoms with Crippen molar-refractivity contribution < 1.29 is 18.0 Å². The largest absolute Gasteiger partial charge is 0.406 e. The lowest BCUT2D eigenvalue weighted by Gasteiger charge is -2.23. The van der Waals surface area contributed by atoms with E-state index in [1.165, 1.54) is 10.6 Å². The number of nitrogens with zero attached hydrogens (tertiary/aromatic N) is 2. The molecule has 7 heteroatoms. The van der Waals surface area contributed by atoms with E-state index in [0.29, 0.717) is 10.9 Å². The van der Waals surface area contributed by atoms with E-state index >= 15 is 0 Å². The Labute approximate surface area is 112 Å². The smallest absolute Gasteiger partial charge is 0.345 e. The number of hydrogen-bond acceptors (Lipinski definition) is 1. The van der Waals surface area contributed by atoms with E-state index in [1.807, 2.05) is 0 Å². The minimum atomic E-state index is -4.38. The van der Waals surface area contributed by atoms with Gasteiger partial charge in [0.15, 0.2) is 0 Å². The van der Waals surface area contributed by atoms with Crippen LogP contribution in [0.25, 0.3) is 0 Å². The predicted molar refractivity (Wildman–Crippen MR) is 65.4 cm³/mol. The molecule has 0 saturated heterocycles. The van der Waals surface area contributed by atoms with E-state index in [0.717, 1.165) is 4.90 Å². The number of aryl methyl sites for hydroxylation is 1. The van der Waals surface area contributed by atoms with Gasteiger partial charge in [-0.3, -0.25) is 4.79 Å². The first-order valence-electron chi connectivity index (χ1n) is 5.42. The second-order valence-corrected chi connectivity index (χ2v) is 4.91. The quantitative estimate of drug-likeness (QED) is 0.834. The molecule has 0 aliphatic rings. The number of rotatable bonds is 4. The third kappa shape index (κ3) is 4.04. The van der Waals surface area contributed by atoms with Crippen LogP contribution in [0.5, 0.6) is 0 Å². The maximum absolute atomic E-state index is 12.4. The molecule has 0 aliphatic carbocycles. The second-order valence-electron chi connectivity index (χ2n) is 4.00. The molecule has 0 spiro atoms. The van der Waals surface area contributed by atoms with Crippen LogP contribution in [0.1, 0.15) is 23.8 Å². The summed E-state index contributed by atoms with van der Waals surface area (Å²) in [6.07, 6.45) is -2.27. The maximum Gasteiger partial charge on any atom is 0.406 e. The number of carbonyl (C=O) groups is 1. The van der Waals surface area contributed by atoms with E-state index in [1.54, 1.807) is 20.2 Å². The summed E-state index contributed by atoms with van der Waals surface area (Å²) in [5, 5.41) is 0. The molecule has 1 amide bonds. The molecule has 1 rings (SSSR count). The van der Waals surface area contributed by atoms with Crippen LogP contribution in [-0.2, 0) is 7.05 Å². The van der Waals surface area contributed by atoms with Gasteiger partial charge in [0.1, 0.15) is 12.2 Å². The number of hydrogen-bond donors (Lipinski definition) is 0. The molecule has 1 heterocycles. The van der Waals surface area contributed by atoms with E-state index in [4.69, 9.17) is 0 Å². The van der Waals surface area contributed by atoms with E-state index < -0.39 is 18.6 Å². The number of aromatic nitrogens is 1. The van der Waals surface area contributed by atoms with E-state index in [2.05, 4.69) is 15.9 Å². The summed E-state index contributed by atoms with van der Waals surface area (Å²) in [5.74, 6) is -0.609. The highest BCUT2D eigenvalue weighted by atomic mass is 79.9. The van der Waals surface area contributed by atoms with E-state index in [9.17, 15) is 18.0 Å². The molecule has 0 aromatic carbocycles. The molecule has 1 aromatic heterocycles. The van der Waals surface area contributed by atoms with Crippen LogP contribution in [0.3, 0.4) is 0 Å². The molecule has 3 nitrogen and oxygen atoms in total. The van der Waals surface area contributed by atoms with Gasteiger partial charge in [-0.2, -0.15) is 13.2 Å². The van der Waals surface area contributed by atoms with Gasteiger partial charge in [-0.1, -0.05) is 6.92 Å². The summed E-state index contributed by atoms with van der Waals surface area (Å²) in [4.78, 5) is 12.9. The molecule has 0 bridgehead atoms. The standard InChI is InChI=1S/C11H14BrF3N2O/c1-3-4-17(7-11(13,14)15)10(18)9-5-8(12)6-16(9)2/h5-6H,3-4,7H2,1-2H3. The fraction of sp³-hybridized carbons (Fsp3) is 0.545. The van der Waals surface area contributed by atoms with Crippen molar-refractivity contribution in [2.45, 2.75) is 19.5 Å². The van der Waals surface area contributed by atoms with Crippen molar-refractivity contribution >= 4 is 21.8 Å². The minimum Gasteiger partial charge on any atom is -0.345 e. The number of carbonyl (C=O) groups excluding carboxylic acids is 1. The summed E-state index contributed by atoms with van der Waals surface area (Å²) in [5.41, 5.74) is 0.236. The van der Waals surface area contributed by atoms with Crippen LogP contribution in [-0.4, -0.2) is 34.6 Å². The molecule has 0 unspecified atom stereocenters. The summed E-state index contributed by atoms with van der Waals surface area (Å²) in [6.45, 7) is 0.598. The highest BCUT2D eigenvalue weighted by Crippen LogP contribution is 2.20. The van der Waals surface area contributed by atoms with Gasteiger partial charge in [0.25, 0.3) is 5.91 Å². The summed E-state index contributed by atoms with van der Waals surface area (Å²) in [6, 6.07) is 1.52. The van der Waals surface area contributed by atoms with Crippen molar-refractivity contribution in [1.82, 2.24) is 9.47 Å². The molecule has 0 aliphatic heterocycles. The predicted octanol–water partition coefficient (Wildman–Crippen LogP) is 3.20. The van der Waals surface area contributed by atoms with Gasteiger partial charge < -0.3 is 9.47 Å². The molecule has 0 fully saturated rings. The average Bonchev–Trinajstić information content (AvgIpc) is 2.54. The van der Waals surface area contributed by atoms with Crippen LogP contribution in [0.15, 0.2) is 16.7 Å². The minimum absolute atomic E-state index is 0.0845. The van der Waals surface area contributed by atoms with Crippen LogP contribution in [0.2, 0.25) is 0 Å². The molecule has 1 aromatic rings. The summed E-state index contributed by atoms with van der Waals surface area (Å²) >= 11 is 3.19. The summed E-state index contributed by atoms with van der Waals surface area (Å²) < 4.78 is 39.4. The van der Waals surface area contributed by atoms with Gasteiger partial charge in [-0.15, -0.1) is 0 Å². The molecule has 0 N–H and O–H groups in total. The Morgan fingerprint density at radius 2 is 2.11 bits per heavy atom. The van der Waals surface area contributed by atoms with Crippen LogP contribution < -0.4 is 0 Å². The highest BCUT2D eigenvalue weighted by molar-refractivity contribution is 9.10. The van der Waals surface area contributed by atoms with Crippen molar-refractivity contribution in [2.75, 3.05) is 13.1 Å². The third-order valence-electron chi connectivity index (χ3n) is 2.34. The van der Waals surface area contributed by atoms with Crippen molar-refractivity contribution in [3.05, 3.63) is 22.4 Å².